The molecule has 0 amide bonds. The second-order valence-corrected chi connectivity index (χ2v) is 7.55. The van der Waals surface area contributed by atoms with Gasteiger partial charge in [-0.3, -0.25) is 0 Å². The number of anilines is 2. The fourth-order valence-electron chi connectivity index (χ4n) is 3.46. The Labute approximate surface area is 161 Å². The number of H-pyrrole nitrogens is 1. The Morgan fingerprint density at radius 3 is 2.81 bits per heavy atom. The Bertz CT molecular complexity index is 1140. The summed E-state index contributed by atoms with van der Waals surface area (Å²) in [6, 6.07) is 12.5. The summed E-state index contributed by atoms with van der Waals surface area (Å²) in [6.45, 7) is 4.18. The molecule has 0 fully saturated rings. The van der Waals surface area contributed by atoms with E-state index in [1.807, 2.05) is 13.0 Å². The number of para-hydroxylation sites is 1. The van der Waals surface area contributed by atoms with Crippen LogP contribution in [0.15, 0.2) is 36.4 Å². The number of nitrogens with one attached hydrogen (secondary N) is 2. The summed E-state index contributed by atoms with van der Waals surface area (Å²) >= 11 is 1.19. The van der Waals surface area contributed by atoms with Crippen molar-refractivity contribution in [2.45, 2.75) is 33.1 Å². The summed E-state index contributed by atoms with van der Waals surface area (Å²) in [5, 5.41) is 15.7. The van der Waals surface area contributed by atoms with Gasteiger partial charge in [0.1, 0.15) is 4.88 Å². The zero-order valence-corrected chi connectivity index (χ0v) is 16.1. The van der Waals surface area contributed by atoms with Crippen molar-refractivity contribution in [3.8, 4) is 0 Å². The number of hydrogen-bond acceptors (Lipinski definition) is 4. The van der Waals surface area contributed by atoms with Gasteiger partial charge in [0.25, 0.3) is 0 Å². The number of aromatic carboxylic acids is 1. The number of aromatic nitrogens is 2. The fraction of sp³-hybridized carbons (Fsp3) is 0.238. The smallest absolute Gasteiger partial charge is 0.347 e. The minimum absolute atomic E-state index is 0.318. The number of rotatable bonds is 6. The SMILES string of the molecule is CCCc1nc(Nc2ccc3c(c2)[nH]c2c(CC)cccc23)sc1C(=O)O. The van der Waals surface area contributed by atoms with Crippen LogP contribution in [0.2, 0.25) is 0 Å². The number of thiazole rings is 1. The van der Waals surface area contributed by atoms with Gasteiger partial charge in [-0.25, -0.2) is 9.78 Å². The van der Waals surface area contributed by atoms with Gasteiger partial charge in [-0.1, -0.05) is 55.9 Å². The molecule has 0 aliphatic heterocycles. The number of hydrogen-bond donors (Lipinski definition) is 3. The van der Waals surface area contributed by atoms with Crippen LogP contribution in [0.3, 0.4) is 0 Å². The number of carbonyl (C=O) groups is 1. The van der Waals surface area contributed by atoms with Crippen LogP contribution >= 0.6 is 11.3 Å². The van der Waals surface area contributed by atoms with E-state index >= 15 is 0 Å². The van der Waals surface area contributed by atoms with E-state index in [0.717, 1.165) is 24.0 Å². The molecule has 0 radical (unpaired) electrons. The third-order valence-electron chi connectivity index (χ3n) is 4.73. The molecule has 3 N–H and O–H groups in total. The van der Waals surface area contributed by atoms with Crippen LogP contribution in [0.1, 0.15) is 41.2 Å². The van der Waals surface area contributed by atoms with E-state index < -0.39 is 5.97 Å². The fourth-order valence-corrected chi connectivity index (χ4v) is 4.33. The van der Waals surface area contributed by atoms with Crippen molar-refractivity contribution in [3.63, 3.8) is 0 Å². The predicted octanol–water partition coefficient (Wildman–Crippen LogP) is 5.73. The largest absolute Gasteiger partial charge is 0.477 e. The molecule has 0 spiro atoms. The predicted molar refractivity (Wildman–Crippen MR) is 112 cm³/mol. The highest BCUT2D eigenvalue weighted by molar-refractivity contribution is 7.17. The maximum atomic E-state index is 11.4. The summed E-state index contributed by atoms with van der Waals surface area (Å²) < 4.78 is 0. The first-order valence-electron chi connectivity index (χ1n) is 9.14. The summed E-state index contributed by atoms with van der Waals surface area (Å²) in [5.74, 6) is -0.915. The van der Waals surface area contributed by atoms with Gasteiger partial charge in [-0.05, 0) is 30.5 Å². The second-order valence-electron chi connectivity index (χ2n) is 6.55. The first-order chi connectivity index (χ1) is 13.1. The molecule has 0 unspecified atom stereocenters. The lowest BCUT2D eigenvalue weighted by atomic mass is 10.1. The van der Waals surface area contributed by atoms with Crippen LogP contribution in [0.25, 0.3) is 21.8 Å². The number of aromatic amines is 1. The highest BCUT2D eigenvalue weighted by atomic mass is 32.1. The molecule has 5 nitrogen and oxygen atoms in total. The molecule has 0 bridgehead atoms. The number of carboxylic acid groups (broad SMARTS) is 1. The average Bonchev–Trinajstić information content (AvgIpc) is 3.22. The van der Waals surface area contributed by atoms with Crippen molar-refractivity contribution >= 4 is 49.9 Å². The van der Waals surface area contributed by atoms with Gasteiger partial charge in [-0.15, -0.1) is 0 Å². The lowest BCUT2D eigenvalue weighted by Gasteiger charge is -2.02. The average molecular weight is 379 g/mol. The Kier molecular flexibility index (Phi) is 4.58. The van der Waals surface area contributed by atoms with E-state index in [1.165, 1.54) is 33.2 Å². The van der Waals surface area contributed by atoms with Crippen molar-refractivity contribution in [2.24, 2.45) is 0 Å². The summed E-state index contributed by atoms with van der Waals surface area (Å²) in [6.07, 6.45) is 2.51. The molecule has 138 valence electrons. The summed E-state index contributed by atoms with van der Waals surface area (Å²) in [5.41, 5.74) is 5.07. The summed E-state index contributed by atoms with van der Waals surface area (Å²) in [4.78, 5) is 19.8. The monoisotopic (exact) mass is 379 g/mol. The lowest BCUT2D eigenvalue weighted by Crippen LogP contribution is -1.98. The number of carboxylic acids is 1. The first kappa shape index (κ1) is 17.5. The highest BCUT2D eigenvalue weighted by Gasteiger charge is 2.17. The van der Waals surface area contributed by atoms with Crippen LogP contribution in [0.4, 0.5) is 10.8 Å². The molecule has 2 heterocycles. The molecule has 0 saturated heterocycles. The van der Waals surface area contributed by atoms with Gasteiger partial charge in [0.15, 0.2) is 5.13 Å². The maximum Gasteiger partial charge on any atom is 0.347 e. The van der Waals surface area contributed by atoms with Crippen LogP contribution in [-0.2, 0) is 12.8 Å². The lowest BCUT2D eigenvalue weighted by molar-refractivity contribution is 0.0700. The van der Waals surface area contributed by atoms with Crippen LogP contribution in [0, 0.1) is 0 Å². The van der Waals surface area contributed by atoms with Crippen molar-refractivity contribution in [3.05, 3.63) is 52.5 Å². The zero-order chi connectivity index (χ0) is 19.0. The van der Waals surface area contributed by atoms with Crippen molar-refractivity contribution < 1.29 is 9.90 Å². The second kappa shape index (κ2) is 7.04. The molecule has 0 atom stereocenters. The van der Waals surface area contributed by atoms with Crippen molar-refractivity contribution in [1.29, 1.82) is 0 Å². The van der Waals surface area contributed by atoms with Gasteiger partial charge < -0.3 is 15.4 Å². The van der Waals surface area contributed by atoms with Gasteiger partial charge in [0.2, 0.25) is 0 Å². The maximum absolute atomic E-state index is 11.4. The third-order valence-corrected chi connectivity index (χ3v) is 5.73. The number of aryl methyl sites for hydroxylation is 2. The first-order valence-corrected chi connectivity index (χ1v) is 9.95. The molecule has 4 aromatic rings. The minimum atomic E-state index is -0.915. The van der Waals surface area contributed by atoms with Crippen LogP contribution in [0.5, 0.6) is 0 Å². The van der Waals surface area contributed by atoms with E-state index in [1.54, 1.807) is 0 Å². The topological polar surface area (TPSA) is 78.0 Å². The van der Waals surface area contributed by atoms with Crippen molar-refractivity contribution in [1.82, 2.24) is 9.97 Å². The molecule has 0 saturated carbocycles. The van der Waals surface area contributed by atoms with E-state index in [0.29, 0.717) is 22.1 Å². The number of nitrogens with zero attached hydrogens (tertiary/aromatic N) is 1. The molecule has 0 aliphatic rings. The van der Waals surface area contributed by atoms with Gasteiger partial charge in [0.05, 0.1) is 5.69 Å². The van der Waals surface area contributed by atoms with Gasteiger partial charge in [0, 0.05) is 27.5 Å². The minimum Gasteiger partial charge on any atom is -0.477 e. The van der Waals surface area contributed by atoms with E-state index in [-0.39, 0.29) is 0 Å². The number of benzene rings is 2. The molecule has 27 heavy (non-hydrogen) atoms. The van der Waals surface area contributed by atoms with E-state index in [4.69, 9.17) is 0 Å². The standard InChI is InChI=1S/C21H21N3O2S/c1-3-6-16-19(20(25)26)27-21(24-16)22-13-9-10-14-15-8-5-7-12(4-2)18(15)23-17(14)11-13/h5,7-11,23H,3-4,6H2,1-2H3,(H,22,24)(H,25,26). The quantitative estimate of drug-likeness (QED) is 0.399. The Morgan fingerprint density at radius 2 is 2.07 bits per heavy atom. The zero-order valence-electron chi connectivity index (χ0n) is 15.3. The molecular weight excluding hydrogens is 358 g/mol. The highest BCUT2D eigenvalue weighted by Crippen LogP contribution is 2.32. The summed E-state index contributed by atoms with van der Waals surface area (Å²) in [7, 11) is 0. The van der Waals surface area contributed by atoms with Gasteiger partial charge in [-0.2, -0.15) is 0 Å². The Hall–Kier alpha value is -2.86. The number of fused-ring (bicyclic) bond motifs is 3. The molecule has 2 aromatic carbocycles. The van der Waals surface area contributed by atoms with Crippen LogP contribution in [-0.4, -0.2) is 21.0 Å². The van der Waals surface area contributed by atoms with E-state index in [2.05, 4.69) is 52.5 Å². The molecule has 2 aromatic heterocycles. The molecule has 6 heteroatoms. The molecule has 0 aliphatic carbocycles. The van der Waals surface area contributed by atoms with E-state index in [9.17, 15) is 9.90 Å². The van der Waals surface area contributed by atoms with Crippen LogP contribution < -0.4 is 5.32 Å². The van der Waals surface area contributed by atoms with Crippen molar-refractivity contribution in [2.75, 3.05) is 5.32 Å². The Morgan fingerprint density at radius 1 is 1.22 bits per heavy atom. The third kappa shape index (κ3) is 3.17. The Balaban J connectivity index is 1.71. The van der Waals surface area contributed by atoms with Gasteiger partial charge >= 0.3 is 5.97 Å². The molecular formula is C21H21N3O2S. The normalized spacial score (nSPS) is 11.3. The molecule has 4 rings (SSSR count).